The van der Waals surface area contributed by atoms with Gasteiger partial charge in [0.15, 0.2) is 0 Å². The summed E-state index contributed by atoms with van der Waals surface area (Å²) in [5.41, 5.74) is 13.4. The number of hydrazine groups is 2. The van der Waals surface area contributed by atoms with Crippen LogP contribution in [0.15, 0.2) is 77.7 Å². The predicted molar refractivity (Wildman–Crippen MR) is 387 cm³/mol. The van der Waals surface area contributed by atoms with E-state index in [1.807, 2.05) is 31.3 Å². The minimum absolute atomic E-state index is 0. The Bertz CT molecular complexity index is 3210. The van der Waals surface area contributed by atoms with Crippen molar-refractivity contribution < 1.29 is 97.2 Å². The van der Waals surface area contributed by atoms with Crippen LogP contribution in [0.3, 0.4) is 0 Å². The van der Waals surface area contributed by atoms with E-state index in [4.69, 9.17) is 20.4 Å². The van der Waals surface area contributed by atoms with Crippen LogP contribution in [0.4, 0.5) is 49.7 Å². The number of aromatic carboxylic acids is 1. The number of nitrogens with one attached hydrogen (secondary N) is 6. The van der Waals surface area contributed by atoms with Gasteiger partial charge in [-0.05, 0) is 148 Å². The molecule has 4 aromatic carbocycles. The second-order valence-corrected chi connectivity index (χ2v) is 32.4. The van der Waals surface area contributed by atoms with Crippen molar-refractivity contribution in [1.29, 1.82) is 0 Å². The predicted octanol–water partition coefficient (Wildman–Crippen LogP) is 12.3. The Kier molecular flexibility index (Phi) is 38.7. The maximum Gasteiger partial charge on any atom is 0.494 e. The van der Waals surface area contributed by atoms with E-state index in [1.54, 1.807) is 18.2 Å². The SMILES string of the molecule is C.C1CCNC1.CC[C@@H](CNC(=O)c1ccc2c(c1F)B(O)OC2)C(C)(C)C.CC[C@@H](N[NH3+])C(C)(C)C.CNC(C(C)C)C(C)C.Cc1ccc(S(=O)(=O)[O-])cc1.F[P-](F)(F)(F)(F)F.O=C(O)c1ccc2c(c1F)B(O)OC2.[2H]CF.c1ccc2c(c1)NNN2O[PH+](N1CCCC1)N1CCCC1. The Hall–Kier alpha value is -4.79. The maximum absolute atomic E-state index is 14.4. The van der Waals surface area contributed by atoms with Crippen LogP contribution in [-0.4, -0.2) is 136 Å². The standard InChI is InChI=1S/C16H23BFNO3.C14H22N5OP.C8H6BFO4.C8H19N.C7H18N2.C7H8O3S.C4H9N.CH3F.CH4.F6P/c1-5-11(16(2,3)4)8-19-15(20)12-7-6-10-9-22-17(21)13(10)14(12)18;1-2-8-14-13(7-1)15-16-19(14)20-21(17-9-3-4-10-17)18-11-5-6-12-18;10-7-5(8(11)12)2-1-4-3-14-9(13)6(4)7;1-6(2)8(9-5)7(3)4;1-5-6(9-8)7(2,3)4;1-6-2-4-7(5-3-6)11(8,9)10;1-2-4-5-3-1;1-2;;1-7(2,3,4,5)6/h6-7,11,21H,5,8-9H2,1-4H3,(H,19,20);1-2,7-8,15-16H,3-6,9-12H2;1-2,13H,3H2,(H,11,12);6-9H,1-5H3;6,9H,5,8H2,1-4H3;2-5H,1H3,(H,8,9,10);5H,1-4H2;1H3;1H4;/q;;;;;;;;;-1/p+1/t11-;;;;6-;;;;;/m0...1...../s1/i;;;;;;;1D;;. The molecular formula is C66H113B2F9N10O11P2S. The summed E-state index contributed by atoms with van der Waals surface area (Å²) in [7, 11) is -17.7. The van der Waals surface area contributed by atoms with E-state index in [0.717, 1.165) is 47.7 Å². The maximum atomic E-state index is 14.4. The fourth-order valence-electron chi connectivity index (χ4n) is 11.3. The summed E-state index contributed by atoms with van der Waals surface area (Å²) >= 11 is 0. The van der Waals surface area contributed by atoms with Crippen molar-refractivity contribution in [2.45, 2.75) is 179 Å². The number of nitrogens with zero attached hydrogens (tertiary/aromatic N) is 3. The molecule has 21 nitrogen and oxygen atoms in total. The van der Waals surface area contributed by atoms with Crippen LogP contribution in [0.1, 0.15) is 181 Å². The van der Waals surface area contributed by atoms with E-state index in [1.165, 1.54) is 102 Å². The van der Waals surface area contributed by atoms with Gasteiger partial charge in [0.25, 0.3) is 5.91 Å². The molecule has 3 saturated heterocycles. The van der Waals surface area contributed by atoms with Crippen LogP contribution >= 0.6 is 16.3 Å². The van der Waals surface area contributed by atoms with Gasteiger partial charge in [0.2, 0.25) is 0 Å². The molecule has 1 amide bonds. The Morgan fingerprint density at radius 2 is 1.21 bits per heavy atom. The average Bonchev–Trinajstić information content (AvgIpc) is 1.28. The molecule has 0 radical (unpaired) electrons. The first kappa shape index (κ1) is 92.3. The van der Waals surface area contributed by atoms with Crippen molar-refractivity contribution in [3.8, 4) is 0 Å². The summed E-state index contributed by atoms with van der Waals surface area (Å²) in [6.07, 6.45) is 10.1. The van der Waals surface area contributed by atoms with Gasteiger partial charge in [-0.1, -0.05) is 144 Å². The van der Waals surface area contributed by atoms with E-state index in [0.29, 0.717) is 41.1 Å². The van der Waals surface area contributed by atoms with E-state index < -0.39 is 76.8 Å². The molecule has 2 atom stereocenters. The van der Waals surface area contributed by atoms with Gasteiger partial charge in [-0.3, -0.25) is 20.5 Å². The number of carboxylic acids is 1. The number of halogens is 9. The third-order valence-electron chi connectivity index (χ3n) is 16.6. The summed E-state index contributed by atoms with van der Waals surface area (Å²) < 4.78 is 155. The molecule has 0 bridgehead atoms. The van der Waals surface area contributed by atoms with Crippen molar-refractivity contribution in [3.63, 3.8) is 0 Å². The number of carboxylic acid groups (broad SMARTS) is 1. The first-order valence-corrected chi connectivity index (χ1v) is 38.0. The number of hydrogen-bond donors (Lipinski definition) is 10. The van der Waals surface area contributed by atoms with Crippen LogP contribution in [0, 0.1) is 47.1 Å². The van der Waals surface area contributed by atoms with Crippen LogP contribution < -0.4 is 54.3 Å². The first-order valence-electron chi connectivity index (χ1n) is 34.0. The largest absolute Gasteiger partial charge is 0.494 e. The number of fused-ring (bicyclic) bond motifs is 3. The van der Waals surface area contributed by atoms with Gasteiger partial charge >= 0.3 is 61.6 Å². The molecule has 35 heteroatoms. The zero-order chi connectivity index (χ0) is 76.9. The number of alkyl halides is 1. The minimum atomic E-state index is -10.7. The second kappa shape index (κ2) is 42.4. The first-order chi connectivity index (χ1) is 46.8. The smallest absolute Gasteiger partial charge is 0.478 e. The molecule has 0 spiro atoms. The Labute approximate surface area is 596 Å². The number of benzene rings is 4. The number of rotatable bonds is 15. The van der Waals surface area contributed by atoms with Gasteiger partial charge in [-0.2, -0.15) is 5.43 Å². The fourth-order valence-corrected chi connectivity index (χ4v) is 14.1. The molecule has 6 aliphatic rings. The number of hydrogen-bond acceptors (Lipinski definition) is 18. The molecule has 4 aromatic rings. The number of carbonyl (C=O) groups is 2. The van der Waals surface area contributed by atoms with Gasteiger partial charge < -0.3 is 45.0 Å². The van der Waals surface area contributed by atoms with Crippen LogP contribution in [0.25, 0.3) is 0 Å². The van der Waals surface area contributed by atoms with E-state index >= 15 is 0 Å². The van der Waals surface area contributed by atoms with Crippen LogP contribution in [0.5, 0.6) is 0 Å². The van der Waals surface area contributed by atoms with Crippen LogP contribution in [-0.2, 0) is 37.3 Å². The van der Waals surface area contributed by atoms with E-state index in [9.17, 15) is 71.0 Å². The molecule has 578 valence electrons. The third-order valence-corrected chi connectivity index (χ3v) is 19.8. The van der Waals surface area contributed by atoms with Gasteiger partial charge in [0.05, 0.1) is 49.5 Å². The molecule has 0 unspecified atom stereocenters. The number of para-hydroxylation sites is 2. The Morgan fingerprint density at radius 1 is 0.762 bits per heavy atom. The molecule has 6 aliphatic heterocycles. The molecule has 12 N–H and O–H groups in total. The van der Waals surface area contributed by atoms with E-state index in [2.05, 4.69) is 143 Å². The molecule has 101 heavy (non-hydrogen) atoms. The number of carbonyl (C=O) groups excluding carboxylic acids is 1. The quantitative estimate of drug-likeness (QED) is 0.0174. The summed E-state index contributed by atoms with van der Waals surface area (Å²) in [6, 6.07) is 20.9. The van der Waals surface area contributed by atoms with Gasteiger partial charge in [-0.25, -0.2) is 22.0 Å². The second-order valence-electron chi connectivity index (χ2n) is 27.1. The zero-order valence-electron chi connectivity index (χ0n) is 61.1. The molecule has 6 heterocycles. The van der Waals surface area contributed by atoms with Crippen LogP contribution in [0.2, 0.25) is 0 Å². The summed E-state index contributed by atoms with van der Waals surface area (Å²) in [5.74, 6) is 2.05. The average molecular weight is 1510 g/mol. The van der Waals surface area contributed by atoms with E-state index in [-0.39, 0.29) is 47.4 Å². The van der Waals surface area contributed by atoms with Gasteiger partial charge in [0.1, 0.15) is 27.4 Å². The minimum Gasteiger partial charge on any atom is -0.478 e. The zero-order valence-corrected chi connectivity index (χ0v) is 62.8. The van der Waals surface area contributed by atoms with Crippen molar-refractivity contribution in [3.05, 3.63) is 112 Å². The molecule has 0 aliphatic carbocycles. The molecular weight excluding hydrogens is 1400 g/mol. The van der Waals surface area contributed by atoms with Crippen molar-refractivity contribution in [1.82, 2.24) is 36.3 Å². The third kappa shape index (κ3) is 34.3. The molecule has 10 rings (SSSR count). The van der Waals surface area contributed by atoms with Gasteiger partial charge in [-0.15, -0.1) is 20.0 Å². The summed E-state index contributed by atoms with van der Waals surface area (Å²) in [5, 5.41) is 38.6. The number of anilines is 2. The summed E-state index contributed by atoms with van der Waals surface area (Å²) in [4.78, 5) is 22.6. The summed E-state index contributed by atoms with van der Waals surface area (Å²) in [6.45, 7) is 36.1. The van der Waals surface area contributed by atoms with Crippen molar-refractivity contribution in [2.24, 2.45) is 28.6 Å². The number of amides is 1. The Balaban J connectivity index is 0.000000603. The van der Waals surface area contributed by atoms with Crippen molar-refractivity contribution in [2.75, 3.05) is 70.6 Å². The molecule has 0 saturated carbocycles. The Morgan fingerprint density at radius 3 is 1.55 bits per heavy atom. The molecule has 3 fully saturated rings. The number of aryl methyl sites for hydroxylation is 1. The van der Waals surface area contributed by atoms with Gasteiger partial charge in [0, 0.05) is 49.7 Å². The fraction of sp³-hybridized carbons (Fsp3) is 0.606. The normalized spacial score (nSPS) is 16.9. The van der Waals surface area contributed by atoms with Crippen molar-refractivity contribution >= 4 is 74.8 Å². The monoisotopic (exact) mass is 1510 g/mol. The molecule has 0 aromatic heterocycles. The number of quaternary nitrogens is 1. The topological polar surface area (TPSA) is 289 Å².